The molecule has 1 unspecified atom stereocenters. The van der Waals surface area contributed by atoms with Gasteiger partial charge in [0.05, 0.1) is 18.4 Å². The van der Waals surface area contributed by atoms with Crippen LogP contribution in [0.1, 0.15) is 31.1 Å². The molecule has 0 aromatic heterocycles. The Hall–Kier alpha value is -3.02. The van der Waals surface area contributed by atoms with Crippen molar-refractivity contribution in [1.29, 1.82) is 0 Å². The van der Waals surface area contributed by atoms with Gasteiger partial charge in [0, 0.05) is 12.6 Å². The second kappa shape index (κ2) is 9.62. The summed E-state index contributed by atoms with van der Waals surface area (Å²) >= 11 is 0. The van der Waals surface area contributed by atoms with Crippen LogP contribution in [-0.4, -0.2) is 31.6 Å². The molecule has 2 amide bonds. The van der Waals surface area contributed by atoms with Crippen LogP contribution in [0.2, 0.25) is 0 Å². The first-order valence-corrected chi connectivity index (χ1v) is 8.89. The van der Waals surface area contributed by atoms with Crippen molar-refractivity contribution in [3.63, 3.8) is 0 Å². The van der Waals surface area contributed by atoms with Crippen LogP contribution in [0, 0.1) is 5.92 Å². The molecule has 0 aliphatic rings. The molecule has 0 aliphatic heterocycles. The highest BCUT2D eigenvalue weighted by Gasteiger charge is 2.18. The number of nitrogens with one attached hydrogen (secondary N) is 2. The highest BCUT2D eigenvalue weighted by molar-refractivity contribution is 6.04. The number of carbonyl (C=O) groups excluding carboxylic acids is 2. The molecular weight excluding hydrogens is 344 g/mol. The maximum absolute atomic E-state index is 12.5. The lowest BCUT2D eigenvalue weighted by Gasteiger charge is -2.17. The van der Waals surface area contributed by atoms with E-state index in [-0.39, 0.29) is 11.8 Å². The molecule has 0 saturated heterocycles. The quantitative estimate of drug-likeness (QED) is 0.746. The van der Waals surface area contributed by atoms with Crippen LogP contribution in [0.3, 0.4) is 0 Å². The lowest BCUT2D eigenvalue weighted by Crippen LogP contribution is -2.32. The summed E-state index contributed by atoms with van der Waals surface area (Å²) in [7, 11) is 1.57. The minimum atomic E-state index is -0.746. The van der Waals surface area contributed by atoms with E-state index in [1.165, 1.54) is 0 Å². The van der Waals surface area contributed by atoms with Crippen molar-refractivity contribution in [1.82, 2.24) is 5.32 Å². The van der Waals surface area contributed by atoms with Crippen molar-refractivity contribution in [2.45, 2.75) is 26.9 Å². The van der Waals surface area contributed by atoms with Crippen molar-refractivity contribution in [3.8, 4) is 11.5 Å². The van der Waals surface area contributed by atoms with E-state index in [1.54, 1.807) is 62.6 Å². The number of hydrogen-bond donors (Lipinski definition) is 2. The third-order valence-electron chi connectivity index (χ3n) is 3.82. The molecule has 0 fully saturated rings. The molecule has 0 saturated carbocycles. The molecular formula is C21H26N2O4. The van der Waals surface area contributed by atoms with Crippen LogP contribution in [-0.2, 0) is 4.79 Å². The van der Waals surface area contributed by atoms with Crippen LogP contribution in [0.15, 0.2) is 48.5 Å². The maximum Gasteiger partial charge on any atom is 0.265 e. The second-order valence-electron chi connectivity index (χ2n) is 6.58. The Balaban J connectivity index is 2.05. The number of ether oxygens (including phenoxy) is 2. The first kappa shape index (κ1) is 20.3. The van der Waals surface area contributed by atoms with Crippen LogP contribution >= 0.6 is 0 Å². The van der Waals surface area contributed by atoms with E-state index in [9.17, 15) is 9.59 Å². The predicted octanol–water partition coefficient (Wildman–Crippen LogP) is 3.49. The van der Waals surface area contributed by atoms with E-state index in [2.05, 4.69) is 10.6 Å². The van der Waals surface area contributed by atoms with E-state index < -0.39 is 6.10 Å². The van der Waals surface area contributed by atoms with Gasteiger partial charge in [0.2, 0.25) is 0 Å². The number of rotatable bonds is 8. The number of methoxy groups -OCH3 is 1. The minimum absolute atomic E-state index is 0.221. The van der Waals surface area contributed by atoms with Gasteiger partial charge in [0.25, 0.3) is 11.8 Å². The number of hydrogen-bond acceptors (Lipinski definition) is 4. The van der Waals surface area contributed by atoms with Gasteiger partial charge < -0.3 is 20.1 Å². The molecule has 6 nitrogen and oxygen atoms in total. The largest absolute Gasteiger partial charge is 0.497 e. The molecule has 0 radical (unpaired) electrons. The summed E-state index contributed by atoms with van der Waals surface area (Å²) in [6.07, 6.45) is -0.746. The number of para-hydroxylation sites is 1. The zero-order chi connectivity index (χ0) is 19.8. The summed E-state index contributed by atoms with van der Waals surface area (Å²) < 4.78 is 10.8. The maximum atomic E-state index is 12.5. The normalized spacial score (nSPS) is 11.6. The van der Waals surface area contributed by atoms with Gasteiger partial charge in [-0.1, -0.05) is 32.0 Å². The van der Waals surface area contributed by atoms with Gasteiger partial charge in [0.15, 0.2) is 6.10 Å². The van der Waals surface area contributed by atoms with Crippen molar-refractivity contribution >= 4 is 17.5 Å². The zero-order valence-corrected chi connectivity index (χ0v) is 16.1. The van der Waals surface area contributed by atoms with E-state index in [0.29, 0.717) is 35.2 Å². The van der Waals surface area contributed by atoms with Crippen LogP contribution in [0.4, 0.5) is 5.69 Å². The molecule has 0 spiro atoms. The molecule has 1 atom stereocenters. The smallest absolute Gasteiger partial charge is 0.265 e. The summed E-state index contributed by atoms with van der Waals surface area (Å²) in [6, 6.07) is 13.9. The fraction of sp³-hybridized carbons (Fsp3) is 0.333. The van der Waals surface area contributed by atoms with Gasteiger partial charge in [0.1, 0.15) is 11.5 Å². The molecule has 0 bridgehead atoms. The van der Waals surface area contributed by atoms with E-state index >= 15 is 0 Å². The molecule has 144 valence electrons. The van der Waals surface area contributed by atoms with Crippen LogP contribution in [0.25, 0.3) is 0 Å². The van der Waals surface area contributed by atoms with Gasteiger partial charge in [-0.25, -0.2) is 0 Å². The lowest BCUT2D eigenvalue weighted by atomic mass is 10.1. The van der Waals surface area contributed by atoms with E-state index in [4.69, 9.17) is 9.47 Å². The van der Waals surface area contributed by atoms with Crippen LogP contribution in [0.5, 0.6) is 11.5 Å². The second-order valence-corrected chi connectivity index (χ2v) is 6.58. The molecule has 2 aromatic carbocycles. The summed E-state index contributed by atoms with van der Waals surface area (Å²) in [4.78, 5) is 24.9. The summed E-state index contributed by atoms with van der Waals surface area (Å²) in [5.74, 6) is 0.946. The Morgan fingerprint density at radius 1 is 1.00 bits per heavy atom. The lowest BCUT2D eigenvalue weighted by molar-refractivity contribution is -0.122. The van der Waals surface area contributed by atoms with Crippen molar-refractivity contribution < 1.29 is 19.1 Å². The monoisotopic (exact) mass is 370 g/mol. The summed E-state index contributed by atoms with van der Waals surface area (Å²) in [6.45, 7) is 6.25. The van der Waals surface area contributed by atoms with Crippen molar-refractivity contribution in [2.24, 2.45) is 5.92 Å². The topological polar surface area (TPSA) is 76.7 Å². The summed E-state index contributed by atoms with van der Waals surface area (Å²) in [5.41, 5.74) is 0.866. The average molecular weight is 370 g/mol. The van der Waals surface area contributed by atoms with Gasteiger partial charge >= 0.3 is 0 Å². The average Bonchev–Trinajstić information content (AvgIpc) is 2.66. The molecule has 0 aliphatic carbocycles. The number of carbonyl (C=O) groups is 2. The van der Waals surface area contributed by atoms with Crippen molar-refractivity contribution in [2.75, 3.05) is 19.0 Å². The first-order chi connectivity index (χ1) is 12.9. The standard InChI is InChI=1S/C21H26N2O4/c1-14(2)13-22-21(25)18-10-5-6-11-19(18)23-20(24)15(3)27-17-9-7-8-16(12-17)26-4/h5-12,14-15H,13H2,1-4H3,(H,22,25)(H,23,24). The third kappa shape index (κ3) is 6.02. The Morgan fingerprint density at radius 2 is 1.70 bits per heavy atom. The summed E-state index contributed by atoms with van der Waals surface area (Å²) in [5, 5.41) is 5.63. The first-order valence-electron chi connectivity index (χ1n) is 8.89. The molecule has 6 heteroatoms. The highest BCUT2D eigenvalue weighted by Crippen LogP contribution is 2.21. The molecule has 2 N–H and O–H groups in total. The van der Waals surface area contributed by atoms with Crippen LogP contribution < -0.4 is 20.1 Å². The highest BCUT2D eigenvalue weighted by atomic mass is 16.5. The van der Waals surface area contributed by atoms with Gasteiger partial charge in [-0.15, -0.1) is 0 Å². The van der Waals surface area contributed by atoms with Gasteiger partial charge in [-0.05, 0) is 37.1 Å². The Bertz CT molecular complexity index is 789. The van der Waals surface area contributed by atoms with Crippen molar-refractivity contribution in [3.05, 3.63) is 54.1 Å². The fourth-order valence-corrected chi connectivity index (χ4v) is 2.35. The Kier molecular flexibility index (Phi) is 7.23. The van der Waals surface area contributed by atoms with Gasteiger partial charge in [-0.3, -0.25) is 9.59 Å². The van der Waals surface area contributed by atoms with Gasteiger partial charge in [-0.2, -0.15) is 0 Å². The number of benzene rings is 2. The fourth-order valence-electron chi connectivity index (χ4n) is 2.35. The Morgan fingerprint density at radius 3 is 2.41 bits per heavy atom. The third-order valence-corrected chi connectivity index (χ3v) is 3.82. The molecule has 27 heavy (non-hydrogen) atoms. The SMILES string of the molecule is COc1cccc(OC(C)C(=O)Nc2ccccc2C(=O)NCC(C)C)c1. The van der Waals surface area contributed by atoms with E-state index in [0.717, 1.165) is 0 Å². The molecule has 2 aromatic rings. The molecule has 0 heterocycles. The Labute approximate surface area is 159 Å². The minimum Gasteiger partial charge on any atom is -0.497 e. The number of anilines is 1. The number of amides is 2. The molecule has 2 rings (SSSR count). The predicted molar refractivity (Wildman–Crippen MR) is 105 cm³/mol. The van der Waals surface area contributed by atoms with E-state index in [1.807, 2.05) is 13.8 Å². The zero-order valence-electron chi connectivity index (χ0n) is 16.1.